The minimum atomic E-state index is -0.170. The van der Waals surface area contributed by atoms with Crippen molar-refractivity contribution in [1.29, 1.82) is 0 Å². The van der Waals surface area contributed by atoms with Crippen LogP contribution < -0.4 is 0 Å². The van der Waals surface area contributed by atoms with Crippen LogP contribution in [-0.4, -0.2) is 5.11 Å². The van der Waals surface area contributed by atoms with Gasteiger partial charge in [-0.15, -0.1) is 11.3 Å². The third kappa shape index (κ3) is 2.43. The highest BCUT2D eigenvalue weighted by atomic mass is 32.1. The topological polar surface area (TPSA) is 20.2 Å². The van der Waals surface area contributed by atoms with E-state index in [4.69, 9.17) is 5.11 Å². The summed E-state index contributed by atoms with van der Waals surface area (Å²) in [5.41, 5.74) is 0.698. The average molecular weight is 222 g/mol. The third-order valence-corrected chi connectivity index (χ3v) is 3.27. The van der Waals surface area contributed by atoms with Gasteiger partial charge in [0.05, 0.1) is 6.61 Å². The van der Waals surface area contributed by atoms with Gasteiger partial charge < -0.3 is 5.11 Å². The van der Waals surface area contributed by atoms with Gasteiger partial charge in [-0.1, -0.05) is 18.2 Å². The molecule has 78 valence electrons. The Morgan fingerprint density at radius 1 is 1.07 bits per heavy atom. The number of aliphatic hydroxyl groups is 1. The third-order valence-electron chi connectivity index (χ3n) is 2.20. The molecule has 15 heavy (non-hydrogen) atoms. The zero-order valence-corrected chi connectivity index (χ0v) is 8.93. The zero-order valence-electron chi connectivity index (χ0n) is 8.11. The molecule has 1 aromatic carbocycles. The van der Waals surface area contributed by atoms with E-state index in [-0.39, 0.29) is 12.4 Å². The molecule has 3 heteroatoms. The van der Waals surface area contributed by atoms with Crippen molar-refractivity contribution < 1.29 is 9.50 Å². The van der Waals surface area contributed by atoms with Gasteiger partial charge in [-0.2, -0.15) is 0 Å². The summed E-state index contributed by atoms with van der Waals surface area (Å²) >= 11 is 1.52. The van der Waals surface area contributed by atoms with E-state index in [0.29, 0.717) is 12.0 Å². The maximum Gasteiger partial charge on any atom is 0.126 e. The van der Waals surface area contributed by atoms with Crippen molar-refractivity contribution in [3.05, 3.63) is 57.5 Å². The van der Waals surface area contributed by atoms with Crippen molar-refractivity contribution in [2.24, 2.45) is 0 Å². The maximum absolute atomic E-state index is 13.3. The summed E-state index contributed by atoms with van der Waals surface area (Å²) in [7, 11) is 0. The van der Waals surface area contributed by atoms with E-state index in [1.165, 1.54) is 17.4 Å². The lowest BCUT2D eigenvalue weighted by Crippen LogP contribution is -1.88. The molecular formula is C12H11FOS. The molecule has 0 fully saturated rings. The minimum Gasteiger partial charge on any atom is -0.391 e. The molecule has 1 nitrogen and oxygen atoms in total. The number of halogens is 1. The van der Waals surface area contributed by atoms with Gasteiger partial charge in [-0.25, -0.2) is 4.39 Å². The SMILES string of the molecule is OCc1ccc(Cc2ccccc2F)s1. The Balaban J connectivity index is 2.18. The number of rotatable bonds is 3. The summed E-state index contributed by atoms with van der Waals surface area (Å²) in [5.74, 6) is -0.170. The second-order valence-electron chi connectivity index (χ2n) is 3.29. The average Bonchev–Trinajstić information content (AvgIpc) is 2.69. The molecule has 0 bridgehead atoms. The van der Waals surface area contributed by atoms with Crippen LogP contribution in [0.15, 0.2) is 36.4 Å². The van der Waals surface area contributed by atoms with Crippen LogP contribution in [0.5, 0.6) is 0 Å². The first kappa shape index (κ1) is 10.3. The molecule has 0 radical (unpaired) electrons. The number of hydrogen-bond donors (Lipinski definition) is 1. The van der Waals surface area contributed by atoms with Crippen molar-refractivity contribution in [1.82, 2.24) is 0 Å². The summed E-state index contributed by atoms with van der Waals surface area (Å²) in [5, 5.41) is 8.91. The van der Waals surface area contributed by atoms with Crippen LogP contribution in [0.3, 0.4) is 0 Å². The lowest BCUT2D eigenvalue weighted by atomic mass is 10.1. The first-order valence-electron chi connectivity index (χ1n) is 4.71. The van der Waals surface area contributed by atoms with Crippen LogP contribution in [0.4, 0.5) is 4.39 Å². The normalized spacial score (nSPS) is 10.5. The van der Waals surface area contributed by atoms with E-state index < -0.39 is 0 Å². The number of aliphatic hydroxyl groups excluding tert-OH is 1. The highest BCUT2D eigenvalue weighted by molar-refractivity contribution is 7.11. The molecule has 0 aliphatic carbocycles. The summed E-state index contributed by atoms with van der Waals surface area (Å²) < 4.78 is 13.3. The lowest BCUT2D eigenvalue weighted by molar-refractivity contribution is 0.285. The summed E-state index contributed by atoms with van der Waals surface area (Å²) in [6.07, 6.45) is 0.595. The Labute approximate surface area is 91.8 Å². The smallest absolute Gasteiger partial charge is 0.126 e. The molecule has 0 saturated heterocycles. The number of benzene rings is 1. The molecule has 1 heterocycles. The standard InChI is InChI=1S/C12H11FOS/c13-12-4-2-1-3-9(12)7-10-5-6-11(8-14)15-10/h1-6,14H,7-8H2. The van der Waals surface area contributed by atoms with Crippen LogP contribution in [-0.2, 0) is 13.0 Å². The fourth-order valence-electron chi connectivity index (χ4n) is 1.43. The van der Waals surface area contributed by atoms with Gasteiger partial charge in [-0.3, -0.25) is 0 Å². The number of thiophene rings is 1. The summed E-state index contributed by atoms with van der Waals surface area (Å²) in [6, 6.07) is 10.6. The van der Waals surface area contributed by atoms with E-state index in [9.17, 15) is 4.39 Å². The Hall–Kier alpha value is -1.19. The Morgan fingerprint density at radius 3 is 2.47 bits per heavy atom. The molecule has 0 unspecified atom stereocenters. The van der Waals surface area contributed by atoms with Crippen molar-refractivity contribution >= 4 is 11.3 Å². The monoisotopic (exact) mass is 222 g/mol. The van der Waals surface area contributed by atoms with Gasteiger partial charge in [0.2, 0.25) is 0 Å². The van der Waals surface area contributed by atoms with Crippen molar-refractivity contribution in [2.45, 2.75) is 13.0 Å². The lowest BCUT2D eigenvalue weighted by Gasteiger charge is -1.99. The first-order chi connectivity index (χ1) is 7.29. The van der Waals surface area contributed by atoms with Crippen LogP contribution in [0.25, 0.3) is 0 Å². The summed E-state index contributed by atoms with van der Waals surface area (Å²) in [4.78, 5) is 1.99. The summed E-state index contributed by atoms with van der Waals surface area (Å²) in [6.45, 7) is 0.0575. The molecule has 1 N–H and O–H groups in total. The molecule has 0 amide bonds. The molecule has 0 spiro atoms. The van der Waals surface area contributed by atoms with Gasteiger partial charge >= 0.3 is 0 Å². The predicted octanol–water partition coefficient (Wildman–Crippen LogP) is 2.97. The van der Waals surface area contributed by atoms with Crippen molar-refractivity contribution in [2.75, 3.05) is 0 Å². The molecule has 2 rings (SSSR count). The van der Waals surface area contributed by atoms with Crippen LogP contribution in [0, 0.1) is 5.82 Å². The molecule has 2 aromatic rings. The second-order valence-corrected chi connectivity index (χ2v) is 4.55. The molecule has 0 atom stereocenters. The quantitative estimate of drug-likeness (QED) is 0.846. The molecule has 0 aliphatic heterocycles. The Bertz CT molecular complexity index is 450. The highest BCUT2D eigenvalue weighted by Gasteiger charge is 2.04. The largest absolute Gasteiger partial charge is 0.391 e. The highest BCUT2D eigenvalue weighted by Crippen LogP contribution is 2.21. The van der Waals surface area contributed by atoms with Gasteiger partial charge in [0.1, 0.15) is 5.82 Å². The van der Waals surface area contributed by atoms with Crippen molar-refractivity contribution in [3.63, 3.8) is 0 Å². The minimum absolute atomic E-state index is 0.0575. The van der Waals surface area contributed by atoms with E-state index in [0.717, 1.165) is 9.75 Å². The van der Waals surface area contributed by atoms with Crippen molar-refractivity contribution in [3.8, 4) is 0 Å². The maximum atomic E-state index is 13.3. The van der Waals surface area contributed by atoms with Crippen LogP contribution >= 0.6 is 11.3 Å². The fraction of sp³-hybridized carbons (Fsp3) is 0.167. The number of hydrogen-bond acceptors (Lipinski definition) is 2. The molecule has 0 saturated carbocycles. The molecule has 1 aromatic heterocycles. The van der Waals surface area contributed by atoms with Gasteiger partial charge in [0.15, 0.2) is 0 Å². The first-order valence-corrected chi connectivity index (χ1v) is 5.53. The van der Waals surface area contributed by atoms with E-state index >= 15 is 0 Å². The van der Waals surface area contributed by atoms with E-state index in [2.05, 4.69) is 0 Å². The van der Waals surface area contributed by atoms with Crippen LogP contribution in [0.1, 0.15) is 15.3 Å². The predicted molar refractivity (Wildman–Crippen MR) is 59.4 cm³/mol. The van der Waals surface area contributed by atoms with Gasteiger partial charge in [-0.05, 0) is 23.8 Å². The Kier molecular flexibility index (Phi) is 3.14. The van der Waals surface area contributed by atoms with E-state index in [1.54, 1.807) is 12.1 Å². The molecular weight excluding hydrogens is 211 g/mol. The van der Waals surface area contributed by atoms with Gasteiger partial charge in [0, 0.05) is 16.2 Å². The fourth-order valence-corrected chi connectivity index (χ4v) is 2.33. The van der Waals surface area contributed by atoms with Crippen LogP contribution in [0.2, 0.25) is 0 Å². The molecule has 0 aliphatic rings. The zero-order chi connectivity index (χ0) is 10.7. The Morgan fingerprint density at radius 2 is 1.80 bits per heavy atom. The van der Waals surface area contributed by atoms with Gasteiger partial charge in [0.25, 0.3) is 0 Å². The second kappa shape index (κ2) is 4.55. The van der Waals surface area contributed by atoms with E-state index in [1.807, 2.05) is 18.2 Å².